The molecule has 2 aromatic carbocycles. The number of allylic oxidation sites excluding steroid dienone is 3. The van der Waals surface area contributed by atoms with Crippen LogP contribution in [0.15, 0.2) is 59.1 Å². The minimum Gasteiger partial charge on any atom is -0.511 e. The summed E-state index contributed by atoms with van der Waals surface area (Å²) in [5.41, 5.74) is -0.729. The van der Waals surface area contributed by atoms with Crippen LogP contribution >= 0.6 is 0 Å². The number of aryl methyl sites for hydroxylation is 2. The van der Waals surface area contributed by atoms with Crippen LogP contribution in [-0.4, -0.2) is 43.4 Å². The van der Waals surface area contributed by atoms with E-state index in [4.69, 9.17) is 0 Å². The lowest BCUT2D eigenvalue weighted by molar-refractivity contribution is -0.171. The summed E-state index contributed by atoms with van der Waals surface area (Å²) < 4.78 is 0. The zero-order valence-corrected chi connectivity index (χ0v) is 26.5. The van der Waals surface area contributed by atoms with E-state index in [2.05, 4.69) is 32.0 Å². The Balaban J connectivity index is 1.65. The van der Waals surface area contributed by atoms with Gasteiger partial charge in [-0.25, -0.2) is 0 Å². The number of hydrogen-bond acceptors (Lipinski definition) is 7. The molecule has 44 heavy (non-hydrogen) atoms. The molecule has 0 saturated carbocycles. The molecule has 2 aromatic rings. The molecule has 232 valence electrons. The second kappa shape index (κ2) is 10.6. The smallest absolute Gasteiger partial charge is 0.209 e. The van der Waals surface area contributed by atoms with Crippen LogP contribution in [0.1, 0.15) is 86.1 Å². The molecule has 0 radical (unpaired) electrons. The number of phenolic OH excluding ortho intramolecular Hbond substituents is 1. The van der Waals surface area contributed by atoms with Gasteiger partial charge in [-0.15, -0.1) is 0 Å². The zero-order chi connectivity index (χ0) is 32.5. The summed E-state index contributed by atoms with van der Waals surface area (Å²) in [6, 6.07) is 9.60. The lowest BCUT2D eigenvalue weighted by atomic mass is 9.44. The molecule has 0 bridgehead atoms. The van der Waals surface area contributed by atoms with Gasteiger partial charge in [0.05, 0.1) is 5.56 Å². The third-order valence-electron chi connectivity index (χ3n) is 10.4. The Bertz CT molecular complexity index is 1710. The molecule has 0 amide bonds. The average Bonchev–Trinajstić information content (AvgIpc) is 2.92. The summed E-state index contributed by atoms with van der Waals surface area (Å²) in [5, 5.41) is 46.2. The number of phenols is 1. The number of fused-ring (bicyclic) bond motifs is 3. The highest BCUT2D eigenvalue weighted by atomic mass is 16.3. The molecule has 4 atom stereocenters. The van der Waals surface area contributed by atoms with Crippen LogP contribution in [-0.2, 0) is 28.9 Å². The van der Waals surface area contributed by atoms with Gasteiger partial charge in [-0.1, -0.05) is 71.0 Å². The van der Waals surface area contributed by atoms with Crippen LogP contribution in [0.4, 0.5) is 0 Å². The summed E-state index contributed by atoms with van der Waals surface area (Å²) in [4.78, 5) is 40.6. The van der Waals surface area contributed by atoms with Crippen molar-refractivity contribution in [2.45, 2.75) is 79.8 Å². The normalized spacial score (nSPS) is 28.4. The molecule has 4 N–H and O–H groups in total. The minimum absolute atomic E-state index is 0.0239. The van der Waals surface area contributed by atoms with E-state index in [1.807, 2.05) is 32.9 Å². The number of rotatable bonds is 6. The summed E-state index contributed by atoms with van der Waals surface area (Å²) in [6.07, 6.45) is 5.87. The van der Waals surface area contributed by atoms with Crippen LogP contribution in [0.2, 0.25) is 0 Å². The van der Waals surface area contributed by atoms with Crippen LogP contribution in [0, 0.1) is 29.6 Å². The van der Waals surface area contributed by atoms with Crippen LogP contribution < -0.4 is 0 Å². The van der Waals surface area contributed by atoms with E-state index >= 15 is 0 Å². The quantitative estimate of drug-likeness (QED) is 0.280. The molecule has 0 spiro atoms. The second-order valence-corrected chi connectivity index (χ2v) is 13.7. The predicted molar refractivity (Wildman–Crippen MR) is 169 cm³/mol. The maximum absolute atomic E-state index is 14.2. The number of carbonyl (C=O) groups is 3. The summed E-state index contributed by atoms with van der Waals surface area (Å²) >= 11 is 0. The van der Waals surface area contributed by atoms with Crippen LogP contribution in [0.5, 0.6) is 5.75 Å². The lowest BCUT2D eigenvalue weighted by Gasteiger charge is -2.59. The fraction of sp³-hybridized carbons (Fsp3) is 0.432. The van der Waals surface area contributed by atoms with Gasteiger partial charge in [0.25, 0.3) is 0 Å². The van der Waals surface area contributed by atoms with Crippen molar-refractivity contribution in [3.63, 3.8) is 0 Å². The van der Waals surface area contributed by atoms with Crippen LogP contribution in [0.3, 0.4) is 0 Å². The number of benzene rings is 2. The molecule has 0 fully saturated rings. The van der Waals surface area contributed by atoms with Gasteiger partial charge in [0, 0.05) is 22.3 Å². The van der Waals surface area contributed by atoms with E-state index in [-0.39, 0.29) is 35.6 Å². The first-order valence-electron chi connectivity index (χ1n) is 15.3. The van der Waals surface area contributed by atoms with Crippen molar-refractivity contribution < 1.29 is 34.8 Å². The van der Waals surface area contributed by atoms with Gasteiger partial charge < -0.3 is 20.4 Å². The van der Waals surface area contributed by atoms with Crippen molar-refractivity contribution in [1.82, 2.24) is 0 Å². The Morgan fingerprint density at radius 3 is 2.39 bits per heavy atom. The predicted octanol–water partition coefficient (Wildman–Crippen LogP) is 6.47. The Hall–Kier alpha value is -3.97. The van der Waals surface area contributed by atoms with E-state index in [0.717, 1.165) is 24.5 Å². The molecule has 7 heteroatoms. The van der Waals surface area contributed by atoms with E-state index < -0.39 is 56.8 Å². The number of hydrogen-bond donors (Lipinski definition) is 4. The molecule has 0 aromatic heterocycles. The highest BCUT2D eigenvalue weighted by Gasteiger charge is 2.71. The Labute approximate surface area is 258 Å². The largest absolute Gasteiger partial charge is 0.511 e. The number of aliphatic hydroxyl groups is 3. The average molecular weight is 599 g/mol. The maximum atomic E-state index is 14.2. The molecule has 3 aliphatic carbocycles. The highest BCUT2D eigenvalue weighted by Crippen LogP contribution is 2.65. The van der Waals surface area contributed by atoms with Crippen molar-refractivity contribution in [2.75, 3.05) is 0 Å². The first-order valence-corrected chi connectivity index (χ1v) is 15.3. The van der Waals surface area contributed by atoms with Crippen molar-refractivity contribution in [3.05, 3.63) is 92.5 Å². The Morgan fingerprint density at radius 2 is 1.77 bits per heavy atom. The van der Waals surface area contributed by atoms with E-state index in [0.29, 0.717) is 12.0 Å². The molecule has 7 nitrogen and oxygen atoms in total. The standard InChI is InChI=1S/C37H42O7/c1-8-23-16-22(13-12-20(23)4)10-9-11-24-14-15-26(39)28-25(24)17-35(6)18-36(7)29(19(2)3)31(40)27(21(5)38)33(42)37(36,44)34(43)30(35)32(28)41/h9,11-16,19,29,39-40,43-44H,8,10,17-18H2,1-7H3/b11-9-/t29?,35-,36-,37+/m1/s1. The van der Waals surface area contributed by atoms with Crippen molar-refractivity contribution in [2.24, 2.45) is 22.7 Å². The van der Waals surface area contributed by atoms with Crippen molar-refractivity contribution in [3.8, 4) is 5.75 Å². The number of aromatic hydroxyl groups is 1. The zero-order valence-electron chi connectivity index (χ0n) is 26.5. The number of ketones is 3. The third kappa shape index (κ3) is 4.31. The van der Waals surface area contributed by atoms with Gasteiger partial charge in [-0.2, -0.15) is 0 Å². The van der Waals surface area contributed by atoms with E-state index in [1.165, 1.54) is 17.2 Å². The molecule has 0 aliphatic heterocycles. The summed E-state index contributed by atoms with van der Waals surface area (Å²) in [7, 11) is 0. The number of Topliss-reactive ketones (excluding diaryl/α,β-unsaturated/α-hetero) is 3. The molecule has 1 unspecified atom stereocenters. The highest BCUT2D eigenvalue weighted by molar-refractivity contribution is 6.25. The summed E-state index contributed by atoms with van der Waals surface area (Å²) in [5.74, 6) is -5.15. The Morgan fingerprint density at radius 1 is 1.09 bits per heavy atom. The molecule has 5 rings (SSSR count). The molecule has 0 heterocycles. The SMILES string of the molecule is CCc1cc(C/C=C\c2ccc(O)c3c2C[C@]2(C)C[C@]4(C)C(C(C)C)C(O)=C(C(C)=O)C(=O)[C@]4(O)C(O)=C2C3=O)ccc1C. The molecule has 0 saturated heterocycles. The van der Waals surface area contributed by atoms with Crippen molar-refractivity contribution >= 4 is 23.4 Å². The van der Waals surface area contributed by atoms with E-state index in [9.17, 15) is 34.8 Å². The van der Waals surface area contributed by atoms with Crippen molar-refractivity contribution in [1.29, 1.82) is 0 Å². The summed E-state index contributed by atoms with van der Waals surface area (Å²) in [6.45, 7) is 12.4. The number of aliphatic hydroxyl groups excluding tert-OH is 2. The van der Waals surface area contributed by atoms with Crippen LogP contribution in [0.25, 0.3) is 6.08 Å². The Kier molecular flexibility index (Phi) is 7.57. The van der Waals surface area contributed by atoms with Gasteiger partial charge in [-0.05, 0) is 79.3 Å². The monoisotopic (exact) mass is 598 g/mol. The van der Waals surface area contributed by atoms with Gasteiger partial charge in [0.2, 0.25) is 5.78 Å². The molecule has 3 aliphatic rings. The van der Waals surface area contributed by atoms with Gasteiger partial charge in [0.15, 0.2) is 17.2 Å². The molecular formula is C37H42O7. The molecular weight excluding hydrogens is 556 g/mol. The second-order valence-electron chi connectivity index (χ2n) is 13.7. The topological polar surface area (TPSA) is 132 Å². The first kappa shape index (κ1) is 31.5. The van der Waals surface area contributed by atoms with Gasteiger partial charge in [-0.3, -0.25) is 14.4 Å². The fourth-order valence-corrected chi connectivity index (χ4v) is 8.47. The fourth-order valence-electron chi connectivity index (χ4n) is 8.47. The first-order chi connectivity index (χ1) is 20.5. The third-order valence-corrected chi connectivity index (χ3v) is 10.4. The minimum atomic E-state index is -2.62. The van der Waals surface area contributed by atoms with E-state index in [1.54, 1.807) is 13.0 Å². The van der Waals surface area contributed by atoms with Gasteiger partial charge in [0.1, 0.15) is 22.8 Å². The lowest BCUT2D eigenvalue weighted by Crippen LogP contribution is -2.67. The number of carbonyl (C=O) groups excluding carboxylic acids is 3. The van der Waals surface area contributed by atoms with Gasteiger partial charge >= 0.3 is 0 Å². The maximum Gasteiger partial charge on any atom is 0.209 e.